The minimum absolute atomic E-state index is 0.398. The number of rotatable bonds is 7. The van der Waals surface area contributed by atoms with Gasteiger partial charge in [0.15, 0.2) is 0 Å². The molecule has 1 saturated carbocycles. The van der Waals surface area contributed by atoms with Crippen molar-refractivity contribution in [1.29, 1.82) is 0 Å². The van der Waals surface area contributed by atoms with Crippen molar-refractivity contribution in [3.05, 3.63) is 34.9 Å². The van der Waals surface area contributed by atoms with Crippen LogP contribution in [0.1, 0.15) is 42.5 Å². The van der Waals surface area contributed by atoms with E-state index < -0.39 is 0 Å². The number of nitrogens with one attached hydrogen (secondary N) is 1. The number of ether oxygens (including phenoxy) is 1. The first-order valence-electron chi connectivity index (χ1n) is 7.05. The summed E-state index contributed by atoms with van der Waals surface area (Å²) in [5.41, 5.74) is 4.09. The van der Waals surface area contributed by atoms with Crippen molar-refractivity contribution in [2.75, 3.05) is 19.8 Å². The Labute approximate surface area is 111 Å². The van der Waals surface area contributed by atoms with Crippen LogP contribution in [0.25, 0.3) is 0 Å². The van der Waals surface area contributed by atoms with Crippen LogP contribution in [0.3, 0.4) is 0 Å². The molecule has 0 saturated heterocycles. The van der Waals surface area contributed by atoms with E-state index >= 15 is 0 Å². The molecule has 0 spiro atoms. The van der Waals surface area contributed by atoms with Gasteiger partial charge in [-0.05, 0) is 50.7 Å². The summed E-state index contributed by atoms with van der Waals surface area (Å²) < 4.78 is 5.63. The molecule has 1 aromatic carbocycles. The molecule has 1 aromatic rings. The van der Waals surface area contributed by atoms with Gasteiger partial charge in [-0.25, -0.2) is 0 Å². The molecular weight excluding hydrogens is 222 g/mol. The highest BCUT2D eigenvalue weighted by Gasteiger charge is 2.20. The molecule has 1 atom stereocenters. The lowest BCUT2D eigenvalue weighted by Gasteiger charge is -2.17. The van der Waals surface area contributed by atoms with E-state index in [9.17, 15) is 0 Å². The molecule has 1 N–H and O–H groups in total. The van der Waals surface area contributed by atoms with Crippen LogP contribution in [0.2, 0.25) is 0 Å². The van der Waals surface area contributed by atoms with E-state index in [4.69, 9.17) is 4.74 Å². The molecular formula is C16H25NO. The Morgan fingerprint density at radius 3 is 2.78 bits per heavy atom. The van der Waals surface area contributed by atoms with Crippen LogP contribution in [0.4, 0.5) is 0 Å². The number of hydrogen-bond donors (Lipinski definition) is 1. The molecule has 0 aromatic heterocycles. The summed E-state index contributed by atoms with van der Waals surface area (Å²) in [6.07, 6.45) is 2.73. The van der Waals surface area contributed by atoms with Gasteiger partial charge in [-0.2, -0.15) is 0 Å². The van der Waals surface area contributed by atoms with E-state index in [2.05, 4.69) is 44.3 Å². The summed E-state index contributed by atoms with van der Waals surface area (Å²) in [5, 5.41) is 3.53. The van der Waals surface area contributed by atoms with Crippen LogP contribution in [-0.2, 0) is 4.74 Å². The first-order valence-corrected chi connectivity index (χ1v) is 7.05. The van der Waals surface area contributed by atoms with E-state index in [1.807, 2.05) is 0 Å². The fraction of sp³-hybridized carbons (Fsp3) is 0.625. The van der Waals surface area contributed by atoms with Gasteiger partial charge in [0.05, 0.1) is 6.61 Å². The summed E-state index contributed by atoms with van der Waals surface area (Å²) in [5.74, 6) is 0.863. The lowest BCUT2D eigenvalue weighted by Crippen LogP contribution is -2.24. The maximum atomic E-state index is 5.63. The predicted molar refractivity (Wildman–Crippen MR) is 75.9 cm³/mol. The molecule has 0 amide bonds. The van der Waals surface area contributed by atoms with E-state index in [-0.39, 0.29) is 0 Å². The first-order chi connectivity index (χ1) is 8.66. The highest BCUT2D eigenvalue weighted by atomic mass is 16.5. The van der Waals surface area contributed by atoms with Gasteiger partial charge < -0.3 is 10.1 Å². The molecule has 1 unspecified atom stereocenters. The van der Waals surface area contributed by atoms with Gasteiger partial charge in [0.1, 0.15) is 0 Å². The standard InChI is InChI=1S/C16H25NO/c1-12-4-7-16(13(2)10-12)14(3)17-8-9-18-11-15-5-6-15/h4,7,10,14-15,17H,5-6,8-9,11H2,1-3H3. The minimum atomic E-state index is 0.398. The lowest BCUT2D eigenvalue weighted by molar-refractivity contribution is 0.124. The highest BCUT2D eigenvalue weighted by Crippen LogP contribution is 2.28. The number of aryl methyl sites for hydroxylation is 2. The Morgan fingerprint density at radius 2 is 2.11 bits per heavy atom. The summed E-state index contributed by atoms with van der Waals surface area (Å²) in [6.45, 7) is 9.26. The molecule has 2 rings (SSSR count). The summed E-state index contributed by atoms with van der Waals surface area (Å²) in [6, 6.07) is 7.06. The highest BCUT2D eigenvalue weighted by molar-refractivity contribution is 5.32. The Bertz CT molecular complexity index is 385. The summed E-state index contributed by atoms with van der Waals surface area (Å²) in [7, 11) is 0. The van der Waals surface area contributed by atoms with Crippen molar-refractivity contribution in [1.82, 2.24) is 5.32 Å². The smallest absolute Gasteiger partial charge is 0.0591 e. The van der Waals surface area contributed by atoms with E-state index in [1.54, 1.807) is 0 Å². The van der Waals surface area contributed by atoms with Gasteiger partial charge in [0.25, 0.3) is 0 Å². The lowest BCUT2D eigenvalue weighted by atomic mass is 10.0. The summed E-state index contributed by atoms with van der Waals surface area (Å²) >= 11 is 0. The van der Waals surface area contributed by atoms with Crippen LogP contribution in [-0.4, -0.2) is 19.8 Å². The third kappa shape index (κ3) is 4.11. The Morgan fingerprint density at radius 1 is 1.33 bits per heavy atom. The predicted octanol–water partition coefficient (Wildman–Crippen LogP) is 3.38. The summed E-state index contributed by atoms with van der Waals surface area (Å²) in [4.78, 5) is 0. The monoisotopic (exact) mass is 247 g/mol. The molecule has 1 fully saturated rings. The minimum Gasteiger partial charge on any atom is -0.380 e. The van der Waals surface area contributed by atoms with Crippen molar-refractivity contribution in [2.24, 2.45) is 5.92 Å². The van der Waals surface area contributed by atoms with Gasteiger partial charge in [0.2, 0.25) is 0 Å². The van der Waals surface area contributed by atoms with Crippen LogP contribution in [0, 0.1) is 19.8 Å². The molecule has 0 radical (unpaired) electrons. The maximum absolute atomic E-state index is 5.63. The Balaban J connectivity index is 1.70. The van der Waals surface area contributed by atoms with E-state index in [0.717, 1.165) is 25.7 Å². The molecule has 0 bridgehead atoms. The van der Waals surface area contributed by atoms with Gasteiger partial charge in [-0.1, -0.05) is 23.8 Å². The molecule has 100 valence electrons. The second-order valence-electron chi connectivity index (χ2n) is 5.55. The molecule has 0 aliphatic heterocycles. The third-order valence-electron chi connectivity index (χ3n) is 3.64. The molecule has 0 heterocycles. The number of benzene rings is 1. The van der Waals surface area contributed by atoms with Crippen molar-refractivity contribution in [3.63, 3.8) is 0 Å². The zero-order valence-corrected chi connectivity index (χ0v) is 11.8. The molecule has 2 nitrogen and oxygen atoms in total. The zero-order chi connectivity index (χ0) is 13.0. The largest absolute Gasteiger partial charge is 0.380 e. The molecule has 18 heavy (non-hydrogen) atoms. The second kappa shape index (κ2) is 6.35. The van der Waals surface area contributed by atoms with Gasteiger partial charge in [-0.15, -0.1) is 0 Å². The van der Waals surface area contributed by atoms with Crippen LogP contribution in [0.5, 0.6) is 0 Å². The number of hydrogen-bond acceptors (Lipinski definition) is 2. The normalized spacial score (nSPS) is 16.8. The van der Waals surface area contributed by atoms with Crippen molar-refractivity contribution >= 4 is 0 Å². The van der Waals surface area contributed by atoms with Crippen LogP contribution in [0.15, 0.2) is 18.2 Å². The topological polar surface area (TPSA) is 21.3 Å². The molecule has 1 aliphatic rings. The van der Waals surface area contributed by atoms with Crippen molar-refractivity contribution in [2.45, 2.75) is 39.7 Å². The average Bonchev–Trinajstić information content (AvgIpc) is 3.12. The first kappa shape index (κ1) is 13.6. The second-order valence-corrected chi connectivity index (χ2v) is 5.55. The quantitative estimate of drug-likeness (QED) is 0.746. The third-order valence-corrected chi connectivity index (χ3v) is 3.64. The fourth-order valence-electron chi connectivity index (χ4n) is 2.30. The Hall–Kier alpha value is -0.860. The molecule has 2 heteroatoms. The van der Waals surface area contributed by atoms with Gasteiger partial charge in [0, 0.05) is 19.2 Å². The maximum Gasteiger partial charge on any atom is 0.0591 e. The van der Waals surface area contributed by atoms with E-state index in [1.165, 1.54) is 29.5 Å². The Kier molecular flexibility index (Phi) is 4.79. The zero-order valence-electron chi connectivity index (χ0n) is 11.8. The van der Waals surface area contributed by atoms with Gasteiger partial charge >= 0.3 is 0 Å². The van der Waals surface area contributed by atoms with Crippen molar-refractivity contribution < 1.29 is 4.74 Å². The SMILES string of the molecule is Cc1ccc(C(C)NCCOCC2CC2)c(C)c1. The van der Waals surface area contributed by atoms with Crippen LogP contribution >= 0.6 is 0 Å². The fourth-order valence-corrected chi connectivity index (χ4v) is 2.30. The van der Waals surface area contributed by atoms with Crippen molar-refractivity contribution in [3.8, 4) is 0 Å². The van der Waals surface area contributed by atoms with Gasteiger partial charge in [-0.3, -0.25) is 0 Å². The average molecular weight is 247 g/mol. The molecule has 1 aliphatic carbocycles. The van der Waals surface area contributed by atoms with E-state index in [0.29, 0.717) is 6.04 Å². The van der Waals surface area contributed by atoms with Crippen LogP contribution < -0.4 is 5.32 Å².